The highest BCUT2D eigenvalue weighted by atomic mass is 15.2. The average Bonchev–Trinajstić information content (AvgIpc) is 3.30. The summed E-state index contributed by atoms with van der Waals surface area (Å²) in [7, 11) is 2.14. The number of rotatable bonds is 5. The first-order valence-electron chi connectivity index (χ1n) is 7.85. The van der Waals surface area contributed by atoms with E-state index in [1.165, 1.54) is 44.1 Å². The molecule has 2 heteroatoms. The number of likely N-dealkylation sites (N-methyl/N-ethyl adjacent to an activating group) is 1. The van der Waals surface area contributed by atoms with Crippen LogP contribution in [0.4, 0.5) is 0 Å². The van der Waals surface area contributed by atoms with E-state index in [4.69, 9.17) is 0 Å². The summed E-state index contributed by atoms with van der Waals surface area (Å²) in [6, 6.07) is 13.3. The zero-order valence-electron chi connectivity index (χ0n) is 12.0. The lowest BCUT2D eigenvalue weighted by molar-refractivity contribution is 0.109. The number of hydrogen-bond acceptors (Lipinski definition) is 2. The fraction of sp³-hybridized carbons (Fsp3) is 0.647. The molecule has 0 unspecified atom stereocenters. The Bertz CT molecular complexity index is 386. The van der Waals surface area contributed by atoms with Crippen molar-refractivity contribution in [2.24, 2.45) is 0 Å². The highest BCUT2D eigenvalue weighted by Crippen LogP contribution is 2.35. The van der Waals surface area contributed by atoms with Crippen molar-refractivity contribution in [1.82, 2.24) is 10.2 Å². The van der Waals surface area contributed by atoms with E-state index in [0.717, 1.165) is 18.6 Å². The molecule has 0 bridgehead atoms. The Labute approximate surface area is 117 Å². The van der Waals surface area contributed by atoms with Gasteiger partial charge in [0, 0.05) is 24.7 Å². The number of nitrogens with zero attached hydrogens (tertiary/aromatic N) is 1. The van der Waals surface area contributed by atoms with E-state index >= 15 is 0 Å². The summed E-state index contributed by atoms with van der Waals surface area (Å²) in [4.78, 5) is 2.79. The second kappa shape index (κ2) is 6.06. The van der Waals surface area contributed by atoms with Gasteiger partial charge in [-0.3, -0.25) is 4.90 Å². The predicted molar refractivity (Wildman–Crippen MR) is 80.1 cm³/mol. The summed E-state index contributed by atoms with van der Waals surface area (Å²) >= 11 is 0. The lowest BCUT2D eigenvalue weighted by atomic mass is 9.88. The van der Waals surface area contributed by atoms with Gasteiger partial charge in [-0.2, -0.15) is 0 Å². The second-order valence-corrected chi connectivity index (χ2v) is 6.14. The molecule has 0 radical (unpaired) electrons. The smallest absolute Gasteiger partial charge is 0.0255 e. The maximum Gasteiger partial charge on any atom is 0.0255 e. The SMILES string of the molecule is CN[C@H]1CCCC[C@@H]1N(Cc1ccccc1)C1CC1. The van der Waals surface area contributed by atoms with E-state index < -0.39 is 0 Å². The molecule has 19 heavy (non-hydrogen) atoms. The van der Waals surface area contributed by atoms with Crippen molar-refractivity contribution in [3.63, 3.8) is 0 Å². The lowest BCUT2D eigenvalue weighted by Crippen LogP contribution is -2.51. The van der Waals surface area contributed by atoms with E-state index in [-0.39, 0.29) is 0 Å². The van der Waals surface area contributed by atoms with Gasteiger partial charge in [0.05, 0.1) is 0 Å². The van der Waals surface area contributed by atoms with Gasteiger partial charge in [-0.1, -0.05) is 43.2 Å². The zero-order chi connectivity index (χ0) is 13.1. The van der Waals surface area contributed by atoms with Gasteiger partial charge >= 0.3 is 0 Å². The topological polar surface area (TPSA) is 15.3 Å². The van der Waals surface area contributed by atoms with Crippen molar-refractivity contribution in [3.05, 3.63) is 35.9 Å². The van der Waals surface area contributed by atoms with E-state index in [2.05, 4.69) is 47.6 Å². The largest absolute Gasteiger partial charge is 0.315 e. The maximum absolute atomic E-state index is 3.56. The van der Waals surface area contributed by atoms with Crippen LogP contribution in [-0.2, 0) is 6.54 Å². The van der Waals surface area contributed by atoms with Crippen molar-refractivity contribution in [2.45, 2.75) is 63.2 Å². The quantitative estimate of drug-likeness (QED) is 0.872. The third-order valence-corrected chi connectivity index (χ3v) is 4.75. The minimum Gasteiger partial charge on any atom is -0.315 e. The molecule has 1 N–H and O–H groups in total. The van der Waals surface area contributed by atoms with Crippen molar-refractivity contribution in [3.8, 4) is 0 Å². The van der Waals surface area contributed by atoms with Gasteiger partial charge in [-0.25, -0.2) is 0 Å². The van der Waals surface area contributed by atoms with Gasteiger partial charge in [-0.15, -0.1) is 0 Å². The highest BCUT2D eigenvalue weighted by Gasteiger charge is 2.37. The van der Waals surface area contributed by atoms with Gasteiger partial charge < -0.3 is 5.32 Å². The van der Waals surface area contributed by atoms with Crippen LogP contribution in [0.1, 0.15) is 44.1 Å². The molecule has 2 fully saturated rings. The van der Waals surface area contributed by atoms with Crippen LogP contribution in [0.25, 0.3) is 0 Å². The van der Waals surface area contributed by atoms with Gasteiger partial charge in [0.25, 0.3) is 0 Å². The van der Waals surface area contributed by atoms with E-state index in [1.54, 1.807) is 0 Å². The first-order chi connectivity index (χ1) is 9.38. The fourth-order valence-electron chi connectivity index (χ4n) is 3.56. The van der Waals surface area contributed by atoms with E-state index in [9.17, 15) is 0 Å². The minimum atomic E-state index is 0.693. The van der Waals surface area contributed by atoms with Gasteiger partial charge in [0.1, 0.15) is 0 Å². The first kappa shape index (κ1) is 13.1. The van der Waals surface area contributed by atoms with Crippen LogP contribution in [-0.4, -0.2) is 30.1 Å². The normalized spacial score (nSPS) is 27.7. The van der Waals surface area contributed by atoms with Gasteiger partial charge in [-0.05, 0) is 38.3 Å². The Hall–Kier alpha value is -0.860. The first-order valence-corrected chi connectivity index (χ1v) is 7.85. The molecule has 1 aromatic carbocycles. The van der Waals surface area contributed by atoms with Gasteiger partial charge in [0.2, 0.25) is 0 Å². The molecule has 3 rings (SSSR count). The molecule has 1 aromatic rings. The predicted octanol–water partition coefficient (Wildman–Crippen LogP) is 3.18. The zero-order valence-corrected chi connectivity index (χ0v) is 12.0. The van der Waals surface area contributed by atoms with Crippen molar-refractivity contribution in [2.75, 3.05) is 7.05 Å². The molecule has 0 saturated heterocycles. The van der Waals surface area contributed by atoms with E-state index in [0.29, 0.717) is 6.04 Å². The molecular formula is C17H26N2. The number of nitrogens with one attached hydrogen (secondary N) is 1. The maximum atomic E-state index is 3.56. The molecule has 0 amide bonds. The molecule has 104 valence electrons. The summed E-state index contributed by atoms with van der Waals surface area (Å²) in [6.07, 6.45) is 8.32. The third-order valence-electron chi connectivity index (χ3n) is 4.75. The van der Waals surface area contributed by atoms with Crippen molar-refractivity contribution in [1.29, 1.82) is 0 Å². The molecule has 2 nitrogen and oxygen atoms in total. The summed E-state index contributed by atoms with van der Waals surface area (Å²) in [6.45, 7) is 1.13. The van der Waals surface area contributed by atoms with E-state index in [1.807, 2.05) is 0 Å². The van der Waals surface area contributed by atoms with Gasteiger partial charge in [0.15, 0.2) is 0 Å². The van der Waals surface area contributed by atoms with Crippen LogP contribution >= 0.6 is 0 Å². The Morgan fingerprint density at radius 2 is 1.79 bits per heavy atom. The fourth-order valence-corrected chi connectivity index (χ4v) is 3.56. The molecule has 0 aromatic heterocycles. The molecule has 0 aliphatic heterocycles. The molecule has 2 saturated carbocycles. The Morgan fingerprint density at radius 1 is 1.05 bits per heavy atom. The van der Waals surface area contributed by atoms with Crippen molar-refractivity contribution >= 4 is 0 Å². The molecule has 2 aliphatic carbocycles. The van der Waals surface area contributed by atoms with Crippen LogP contribution in [0, 0.1) is 0 Å². The molecule has 2 atom stereocenters. The Morgan fingerprint density at radius 3 is 2.47 bits per heavy atom. The van der Waals surface area contributed by atoms with Crippen LogP contribution in [0.5, 0.6) is 0 Å². The van der Waals surface area contributed by atoms with Crippen LogP contribution < -0.4 is 5.32 Å². The Balaban J connectivity index is 1.73. The average molecular weight is 258 g/mol. The summed E-state index contributed by atoms with van der Waals surface area (Å²) in [5.74, 6) is 0. The minimum absolute atomic E-state index is 0.693. The summed E-state index contributed by atoms with van der Waals surface area (Å²) in [5.41, 5.74) is 1.47. The molecule has 0 spiro atoms. The third kappa shape index (κ3) is 3.18. The highest BCUT2D eigenvalue weighted by molar-refractivity contribution is 5.15. The van der Waals surface area contributed by atoms with Crippen LogP contribution in [0.2, 0.25) is 0 Å². The molecule has 0 heterocycles. The summed E-state index contributed by atoms with van der Waals surface area (Å²) in [5, 5.41) is 3.56. The lowest BCUT2D eigenvalue weighted by Gasteiger charge is -2.40. The summed E-state index contributed by atoms with van der Waals surface area (Å²) < 4.78 is 0. The Kier molecular flexibility index (Phi) is 4.19. The number of benzene rings is 1. The standard InChI is InChI=1S/C17H26N2/c1-18-16-9-5-6-10-17(16)19(15-11-12-15)13-14-7-3-2-4-8-14/h2-4,7-8,15-18H,5-6,9-13H2,1H3/t16-,17-/m0/s1. The van der Waals surface area contributed by atoms with Crippen LogP contribution in [0.3, 0.4) is 0 Å². The number of hydrogen-bond donors (Lipinski definition) is 1. The second-order valence-electron chi connectivity index (χ2n) is 6.14. The molecule has 2 aliphatic rings. The van der Waals surface area contributed by atoms with Crippen LogP contribution in [0.15, 0.2) is 30.3 Å². The monoisotopic (exact) mass is 258 g/mol. The molecular weight excluding hydrogens is 232 g/mol. The van der Waals surface area contributed by atoms with Crippen molar-refractivity contribution < 1.29 is 0 Å².